The van der Waals surface area contributed by atoms with Gasteiger partial charge >= 0.3 is 0 Å². The number of rotatable bonds is 5. The van der Waals surface area contributed by atoms with Gasteiger partial charge in [0.2, 0.25) is 0 Å². The molecule has 0 radical (unpaired) electrons. The first-order valence-electron chi connectivity index (χ1n) is 5.17. The molecule has 0 saturated carbocycles. The molecule has 0 aliphatic heterocycles. The normalized spacial score (nSPS) is 13.1. The molecule has 86 valence electrons. The topological polar surface area (TPSA) is 45.2 Å². The van der Waals surface area contributed by atoms with Gasteiger partial charge in [-0.05, 0) is 12.1 Å². The van der Waals surface area contributed by atoms with E-state index in [4.69, 9.17) is 4.74 Å². The number of aliphatic hydroxyl groups excluding tert-OH is 1. The van der Waals surface area contributed by atoms with Gasteiger partial charge in [0, 0.05) is 23.8 Å². The molecule has 16 heavy (non-hydrogen) atoms. The molecule has 1 atom stereocenters. The Morgan fingerprint density at radius 3 is 3.00 bits per heavy atom. The summed E-state index contributed by atoms with van der Waals surface area (Å²) in [5.74, 6) is 0.640. The highest BCUT2D eigenvalue weighted by Crippen LogP contribution is 2.23. The standard InChI is InChI=1S/C12H15NO2S/c1-15-7-10(14)8-16-12-6-9-4-2-3-5-11(9)13-12/h2-6,10,13-14H,7-8H2,1H3. The van der Waals surface area contributed by atoms with Crippen LogP contribution in [0.3, 0.4) is 0 Å². The first-order chi connectivity index (χ1) is 7.79. The zero-order chi connectivity index (χ0) is 11.4. The maximum atomic E-state index is 9.53. The molecule has 0 aliphatic carbocycles. The lowest BCUT2D eigenvalue weighted by molar-refractivity contribution is 0.0794. The number of H-pyrrole nitrogens is 1. The first kappa shape index (κ1) is 11.5. The van der Waals surface area contributed by atoms with Crippen LogP contribution in [0.4, 0.5) is 0 Å². The average Bonchev–Trinajstić information content (AvgIpc) is 2.69. The van der Waals surface area contributed by atoms with Crippen molar-refractivity contribution >= 4 is 22.7 Å². The summed E-state index contributed by atoms with van der Waals surface area (Å²) in [7, 11) is 1.59. The Bertz CT molecular complexity index is 422. The molecule has 2 rings (SSSR count). The molecule has 1 aromatic heterocycles. The minimum Gasteiger partial charge on any atom is -0.390 e. The minimum absolute atomic E-state index is 0.382. The van der Waals surface area contributed by atoms with E-state index < -0.39 is 6.10 Å². The molecule has 3 nitrogen and oxygen atoms in total. The van der Waals surface area contributed by atoms with Gasteiger partial charge in [-0.15, -0.1) is 11.8 Å². The predicted octanol–water partition coefficient (Wildman–Crippen LogP) is 2.27. The summed E-state index contributed by atoms with van der Waals surface area (Å²) in [6, 6.07) is 10.2. The number of benzene rings is 1. The van der Waals surface area contributed by atoms with Gasteiger partial charge in [0.15, 0.2) is 0 Å². The van der Waals surface area contributed by atoms with Crippen LogP contribution in [0, 0.1) is 0 Å². The van der Waals surface area contributed by atoms with Crippen molar-refractivity contribution in [1.29, 1.82) is 0 Å². The molecule has 0 saturated heterocycles. The second-order valence-corrected chi connectivity index (χ2v) is 4.70. The van der Waals surface area contributed by atoms with Crippen LogP contribution >= 0.6 is 11.8 Å². The maximum Gasteiger partial charge on any atom is 0.0867 e. The molecule has 2 aromatic rings. The van der Waals surface area contributed by atoms with Crippen molar-refractivity contribution in [2.24, 2.45) is 0 Å². The molecule has 0 amide bonds. The highest BCUT2D eigenvalue weighted by Gasteiger charge is 2.06. The monoisotopic (exact) mass is 237 g/mol. The number of aromatic nitrogens is 1. The molecular weight excluding hydrogens is 222 g/mol. The molecule has 0 bridgehead atoms. The van der Waals surface area contributed by atoms with Gasteiger partial charge in [0.05, 0.1) is 17.7 Å². The average molecular weight is 237 g/mol. The van der Waals surface area contributed by atoms with Crippen molar-refractivity contribution in [2.45, 2.75) is 11.1 Å². The Labute approximate surface area is 98.8 Å². The summed E-state index contributed by atoms with van der Waals surface area (Å²) < 4.78 is 4.88. The Morgan fingerprint density at radius 1 is 1.44 bits per heavy atom. The second kappa shape index (κ2) is 5.39. The van der Waals surface area contributed by atoms with Crippen LogP contribution in [0.5, 0.6) is 0 Å². The maximum absolute atomic E-state index is 9.53. The van der Waals surface area contributed by atoms with E-state index in [0.717, 1.165) is 10.5 Å². The van der Waals surface area contributed by atoms with Crippen molar-refractivity contribution < 1.29 is 9.84 Å². The molecular formula is C12H15NO2S. The van der Waals surface area contributed by atoms with Crippen LogP contribution in [-0.2, 0) is 4.74 Å². The van der Waals surface area contributed by atoms with Crippen molar-refractivity contribution in [3.8, 4) is 0 Å². The van der Waals surface area contributed by atoms with Crippen molar-refractivity contribution in [2.75, 3.05) is 19.5 Å². The number of aromatic amines is 1. The van der Waals surface area contributed by atoms with Crippen LogP contribution in [0.1, 0.15) is 0 Å². The fourth-order valence-corrected chi connectivity index (χ4v) is 2.41. The number of thioether (sulfide) groups is 1. The number of nitrogens with one attached hydrogen (secondary N) is 1. The van der Waals surface area contributed by atoms with E-state index in [-0.39, 0.29) is 0 Å². The van der Waals surface area contributed by atoms with E-state index >= 15 is 0 Å². The van der Waals surface area contributed by atoms with Gasteiger partial charge in [-0.1, -0.05) is 18.2 Å². The largest absolute Gasteiger partial charge is 0.390 e. The number of hydrogen-bond acceptors (Lipinski definition) is 3. The number of hydrogen-bond donors (Lipinski definition) is 2. The predicted molar refractivity (Wildman–Crippen MR) is 66.9 cm³/mol. The summed E-state index contributed by atoms with van der Waals surface area (Å²) in [5, 5.41) is 11.8. The summed E-state index contributed by atoms with van der Waals surface area (Å²) in [5.41, 5.74) is 1.13. The first-order valence-corrected chi connectivity index (χ1v) is 6.15. The lowest BCUT2D eigenvalue weighted by Crippen LogP contribution is -2.16. The highest BCUT2D eigenvalue weighted by molar-refractivity contribution is 7.99. The van der Waals surface area contributed by atoms with Crippen molar-refractivity contribution in [1.82, 2.24) is 4.98 Å². The van der Waals surface area contributed by atoms with Crippen LogP contribution in [-0.4, -0.2) is 35.7 Å². The quantitative estimate of drug-likeness (QED) is 0.784. The fourth-order valence-electron chi connectivity index (χ4n) is 1.55. The fraction of sp³-hybridized carbons (Fsp3) is 0.333. The molecule has 0 spiro atoms. The molecule has 0 aliphatic rings. The van der Waals surface area contributed by atoms with E-state index in [1.807, 2.05) is 18.2 Å². The van der Waals surface area contributed by atoms with E-state index in [9.17, 15) is 5.11 Å². The van der Waals surface area contributed by atoms with Gasteiger partial charge in [-0.25, -0.2) is 0 Å². The van der Waals surface area contributed by atoms with E-state index in [1.54, 1.807) is 18.9 Å². The third-order valence-corrected chi connectivity index (χ3v) is 3.38. The van der Waals surface area contributed by atoms with Gasteiger partial charge in [0.25, 0.3) is 0 Å². The Balaban J connectivity index is 1.99. The van der Waals surface area contributed by atoms with E-state index in [1.165, 1.54) is 5.39 Å². The zero-order valence-electron chi connectivity index (χ0n) is 9.14. The zero-order valence-corrected chi connectivity index (χ0v) is 9.96. The lowest BCUT2D eigenvalue weighted by Gasteiger charge is -2.07. The van der Waals surface area contributed by atoms with E-state index in [0.29, 0.717) is 12.4 Å². The van der Waals surface area contributed by atoms with Crippen LogP contribution in [0.15, 0.2) is 35.4 Å². The van der Waals surface area contributed by atoms with Gasteiger partial charge in [-0.2, -0.15) is 0 Å². The molecule has 1 heterocycles. The minimum atomic E-state index is -0.415. The summed E-state index contributed by atoms with van der Waals surface area (Å²) in [6.45, 7) is 0.382. The molecule has 2 N–H and O–H groups in total. The number of aliphatic hydroxyl groups is 1. The number of ether oxygens (including phenoxy) is 1. The third kappa shape index (κ3) is 2.78. The number of para-hydroxylation sites is 1. The Kier molecular flexibility index (Phi) is 3.88. The van der Waals surface area contributed by atoms with Crippen molar-refractivity contribution in [3.63, 3.8) is 0 Å². The van der Waals surface area contributed by atoms with Gasteiger partial charge < -0.3 is 14.8 Å². The number of fused-ring (bicyclic) bond motifs is 1. The highest BCUT2D eigenvalue weighted by atomic mass is 32.2. The molecule has 1 aromatic carbocycles. The molecule has 0 fully saturated rings. The Hall–Kier alpha value is -0.970. The van der Waals surface area contributed by atoms with Gasteiger partial charge in [0.1, 0.15) is 0 Å². The summed E-state index contributed by atoms with van der Waals surface area (Å²) in [6.07, 6.45) is -0.415. The second-order valence-electron chi connectivity index (χ2n) is 3.64. The Morgan fingerprint density at radius 2 is 2.25 bits per heavy atom. The summed E-state index contributed by atoms with van der Waals surface area (Å²) >= 11 is 1.61. The van der Waals surface area contributed by atoms with E-state index in [2.05, 4.69) is 17.1 Å². The SMILES string of the molecule is COCC(O)CSc1cc2ccccc2[nH]1. The van der Waals surface area contributed by atoms with Crippen LogP contribution < -0.4 is 0 Å². The third-order valence-electron chi connectivity index (χ3n) is 2.30. The van der Waals surface area contributed by atoms with Gasteiger partial charge in [-0.3, -0.25) is 0 Å². The van der Waals surface area contributed by atoms with Crippen LogP contribution in [0.2, 0.25) is 0 Å². The molecule has 4 heteroatoms. The number of methoxy groups -OCH3 is 1. The van der Waals surface area contributed by atoms with Crippen molar-refractivity contribution in [3.05, 3.63) is 30.3 Å². The molecule has 1 unspecified atom stereocenters. The lowest BCUT2D eigenvalue weighted by atomic mass is 10.3. The van der Waals surface area contributed by atoms with Crippen LogP contribution in [0.25, 0.3) is 10.9 Å². The smallest absolute Gasteiger partial charge is 0.0867 e. The summed E-state index contributed by atoms with van der Waals surface area (Å²) in [4.78, 5) is 3.30.